The molecule has 0 spiro atoms. The highest BCUT2D eigenvalue weighted by atomic mass is 79.9. The third-order valence-electron chi connectivity index (χ3n) is 3.15. The fraction of sp³-hybridized carbons (Fsp3) is 0.250. The molecule has 1 atom stereocenters. The van der Waals surface area contributed by atoms with Gasteiger partial charge in [-0.1, -0.05) is 18.2 Å². The predicted octanol–water partition coefficient (Wildman–Crippen LogP) is 3.74. The molecular formula is C16H17BrO3. The van der Waals surface area contributed by atoms with Crippen LogP contribution in [0.1, 0.15) is 17.2 Å². The molecule has 2 aromatic rings. The molecule has 0 bridgehead atoms. The van der Waals surface area contributed by atoms with Crippen LogP contribution in [0.5, 0.6) is 11.5 Å². The van der Waals surface area contributed by atoms with E-state index in [-0.39, 0.29) is 0 Å². The fourth-order valence-corrected chi connectivity index (χ4v) is 2.55. The minimum atomic E-state index is -0.550. The second-order valence-electron chi connectivity index (χ2n) is 4.46. The van der Waals surface area contributed by atoms with Gasteiger partial charge in [-0.05, 0) is 51.3 Å². The van der Waals surface area contributed by atoms with Gasteiger partial charge in [-0.2, -0.15) is 0 Å². The van der Waals surface area contributed by atoms with Crippen molar-refractivity contribution in [2.75, 3.05) is 14.2 Å². The molecular weight excluding hydrogens is 320 g/mol. The lowest BCUT2D eigenvalue weighted by Crippen LogP contribution is -2.02. The molecule has 1 unspecified atom stereocenters. The van der Waals surface area contributed by atoms with E-state index in [0.717, 1.165) is 27.1 Å². The summed E-state index contributed by atoms with van der Waals surface area (Å²) in [7, 11) is 3.26. The second kappa shape index (κ2) is 6.77. The Labute approximate surface area is 127 Å². The first-order chi connectivity index (χ1) is 9.63. The SMILES string of the molecule is COc1ccc(CC(O)c2ccc(OC)c(Br)c2)cc1. The topological polar surface area (TPSA) is 38.7 Å². The molecule has 0 fully saturated rings. The quantitative estimate of drug-likeness (QED) is 0.903. The molecule has 2 aromatic carbocycles. The van der Waals surface area contributed by atoms with E-state index in [2.05, 4.69) is 15.9 Å². The van der Waals surface area contributed by atoms with Crippen LogP contribution in [0.4, 0.5) is 0 Å². The van der Waals surface area contributed by atoms with E-state index in [1.807, 2.05) is 42.5 Å². The first-order valence-electron chi connectivity index (χ1n) is 6.28. The number of hydrogen-bond acceptors (Lipinski definition) is 3. The van der Waals surface area contributed by atoms with E-state index < -0.39 is 6.10 Å². The predicted molar refractivity (Wildman–Crippen MR) is 82.4 cm³/mol. The summed E-state index contributed by atoms with van der Waals surface area (Å²) in [4.78, 5) is 0. The van der Waals surface area contributed by atoms with Gasteiger partial charge in [-0.25, -0.2) is 0 Å². The van der Waals surface area contributed by atoms with Crippen molar-refractivity contribution >= 4 is 15.9 Å². The van der Waals surface area contributed by atoms with Gasteiger partial charge in [0.1, 0.15) is 11.5 Å². The first-order valence-corrected chi connectivity index (χ1v) is 7.07. The van der Waals surface area contributed by atoms with E-state index >= 15 is 0 Å². The normalized spacial score (nSPS) is 12.0. The van der Waals surface area contributed by atoms with Crippen LogP contribution in [0.2, 0.25) is 0 Å². The summed E-state index contributed by atoms with van der Waals surface area (Å²) in [6.45, 7) is 0. The molecule has 0 radical (unpaired) electrons. The summed E-state index contributed by atoms with van der Waals surface area (Å²) in [6, 6.07) is 13.3. The van der Waals surface area contributed by atoms with Crippen molar-refractivity contribution < 1.29 is 14.6 Å². The van der Waals surface area contributed by atoms with Crippen molar-refractivity contribution in [3.8, 4) is 11.5 Å². The van der Waals surface area contributed by atoms with Crippen LogP contribution in [0.15, 0.2) is 46.9 Å². The Morgan fingerprint density at radius 2 is 1.75 bits per heavy atom. The number of methoxy groups -OCH3 is 2. The van der Waals surface area contributed by atoms with Crippen LogP contribution in [-0.4, -0.2) is 19.3 Å². The molecule has 0 heterocycles. The van der Waals surface area contributed by atoms with Gasteiger partial charge < -0.3 is 14.6 Å². The second-order valence-corrected chi connectivity index (χ2v) is 5.32. The molecule has 0 aromatic heterocycles. The van der Waals surface area contributed by atoms with Gasteiger partial charge in [-0.3, -0.25) is 0 Å². The van der Waals surface area contributed by atoms with Crippen LogP contribution >= 0.6 is 15.9 Å². The molecule has 0 amide bonds. The number of ether oxygens (including phenoxy) is 2. The summed E-state index contributed by atoms with van der Waals surface area (Å²) < 4.78 is 11.1. The van der Waals surface area contributed by atoms with Crippen LogP contribution in [0.3, 0.4) is 0 Å². The highest BCUT2D eigenvalue weighted by molar-refractivity contribution is 9.10. The van der Waals surface area contributed by atoms with Crippen molar-refractivity contribution in [3.63, 3.8) is 0 Å². The molecule has 0 aliphatic rings. The van der Waals surface area contributed by atoms with Crippen molar-refractivity contribution in [2.24, 2.45) is 0 Å². The monoisotopic (exact) mass is 336 g/mol. The first kappa shape index (κ1) is 14.9. The van der Waals surface area contributed by atoms with Gasteiger partial charge in [0.25, 0.3) is 0 Å². The molecule has 0 aliphatic carbocycles. The highest BCUT2D eigenvalue weighted by Crippen LogP contribution is 2.29. The van der Waals surface area contributed by atoms with Crippen molar-refractivity contribution in [2.45, 2.75) is 12.5 Å². The van der Waals surface area contributed by atoms with Gasteiger partial charge in [0.2, 0.25) is 0 Å². The third kappa shape index (κ3) is 3.52. The molecule has 106 valence electrons. The maximum Gasteiger partial charge on any atom is 0.133 e. The number of hydrogen-bond donors (Lipinski definition) is 1. The lowest BCUT2D eigenvalue weighted by Gasteiger charge is -2.13. The van der Waals surface area contributed by atoms with E-state index in [1.165, 1.54) is 0 Å². The Kier molecular flexibility index (Phi) is 5.04. The fourth-order valence-electron chi connectivity index (χ4n) is 1.99. The van der Waals surface area contributed by atoms with E-state index in [4.69, 9.17) is 9.47 Å². The van der Waals surface area contributed by atoms with Gasteiger partial charge in [0.05, 0.1) is 24.8 Å². The number of halogens is 1. The van der Waals surface area contributed by atoms with Gasteiger partial charge >= 0.3 is 0 Å². The molecule has 0 aliphatic heterocycles. The Hall–Kier alpha value is -1.52. The van der Waals surface area contributed by atoms with Gasteiger partial charge in [0.15, 0.2) is 0 Å². The van der Waals surface area contributed by atoms with Crippen molar-refractivity contribution in [1.29, 1.82) is 0 Å². The Balaban J connectivity index is 2.10. The number of rotatable bonds is 5. The standard InChI is InChI=1S/C16H17BrO3/c1-19-13-6-3-11(4-7-13)9-15(18)12-5-8-16(20-2)14(17)10-12/h3-8,10,15,18H,9H2,1-2H3. The minimum Gasteiger partial charge on any atom is -0.497 e. The van der Waals surface area contributed by atoms with Crippen LogP contribution in [0, 0.1) is 0 Å². The smallest absolute Gasteiger partial charge is 0.133 e. The average molecular weight is 337 g/mol. The molecule has 3 nitrogen and oxygen atoms in total. The largest absolute Gasteiger partial charge is 0.497 e. The summed E-state index contributed by atoms with van der Waals surface area (Å²) in [6.07, 6.45) is 0.00793. The Bertz CT molecular complexity index is 566. The zero-order valence-electron chi connectivity index (χ0n) is 11.5. The summed E-state index contributed by atoms with van der Waals surface area (Å²) in [5.74, 6) is 1.57. The maximum atomic E-state index is 10.3. The molecule has 4 heteroatoms. The molecule has 0 saturated carbocycles. The summed E-state index contributed by atoms with van der Waals surface area (Å²) in [5.41, 5.74) is 1.92. The van der Waals surface area contributed by atoms with Gasteiger partial charge in [0, 0.05) is 6.42 Å². The summed E-state index contributed by atoms with van der Waals surface area (Å²) in [5, 5.41) is 10.3. The molecule has 1 N–H and O–H groups in total. The zero-order chi connectivity index (χ0) is 14.5. The van der Waals surface area contributed by atoms with E-state index in [0.29, 0.717) is 6.42 Å². The molecule has 20 heavy (non-hydrogen) atoms. The molecule has 0 saturated heterocycles. The van der Waals surface area contributed by atoms with Crippen LogP contribution in [-0.2, 0) is 6.42 Å². The lowest BCUT2D eigenvalue weighted by atomic mass is 10.0. The van der Waals surface area contributed by atoms with Crippen molar-refractivity contribution in [3.05, 3.63) is 58.1 Å². The average Bonchev–Trinajstić information content (AvgIpc) is 2.48. The number of benzene rings is 2. The summed E-state index contributed by atoms with van der Waals surface area (Å²) >= 11 is 3.43. The van der Waals surface area contributed by atoms with E-state index in [1.54, 1.807) is 14.2 Å². The maximum absolute atomic E-state index is 10.3. The zero-order valence-corrected chi connectivity index (χ0v) is 13.1. The van der Waals surface area contributed by atoms with Crippen LogP contribution in [0.25, 0.3) is 0 Å². The highest BCUT2D eigenvalue weighted by Gasteiger charge is 2.11. The minimum absolute atomic E-state index is 0.550. The van der Waals surface area contributed by atoms with E-state index in [9.17, 15) is 5.11 Å². The number of aliphatic hydroxyl groups is 1. The lowest BCUT2D eigenvalue weighted by molar-refractivity contribution is 0.178. The number of aliphatic hydroxyl groups excluding tert-OH is 1. The van der Waals surface area contributed by atoms with Crippen LogP contribution < -0.4 is 9.47 Å². The Morgan fingerprint density at radius 3 is 2.30 bits per heavy atom. The Morgan fingerprint density at radius 1 is 1.05 bits per heavy atom. The van der Waals surface area contributed by atoms with Gasteiger partial charge in [-0.15, -0.1) is 0 Å². The van der Waals surface area contributed by atoms with Crippen molar-refractivity contribution in [1.82, 2.24) is 0 Å². The molecule has 2 rings (SSSR count). The third-order valence-corrected chi connectivity index (χ3v) is 3.77.